The van der Waals surface area contributed by atoms with Crippen LogP contribution in [0.15, 0.2) is 41.1 Å². The van der Waals surface area contributed by atoms with Crippen LogP contribution in [0.4, 0.5) is 5.69 Å². The van der Waals surface area contributed by atoms with Crippen molar-refractivity contribution in [3.8, 4) is 0 Å². The third-order valence-electron chi connectivity index (χ3n) is 2.73. The van der Waals surface area contributed by atoms with E-state index in [2.05, 4.69) is 26.2 Å². The first kappa shape index (κ1) is 14.2. The highest BCUT2D eigenvalue weighted by atomic mass is 79.9. The van der Waals surface area contributed by atoms with Gasteiger partial charge in [-0.05, 0) is 58.7 Å². The summed E-state index contributed by atoms with van der Waals surface area (Å²) in [4.78, 5) is 26.9. The fourth-order valence-electron chi connectivity index (χ4n) is 1.68. The van der Waals surface area contributed by atoms with Crippen molar-refractivity contribution in [1.29, 1.82) is 0 Å². The molecule has 1 amide bonds. The van der Waals surface area contributed by atoms with E-state index in [9.17, 15) is 9.59 Å². The molecule has 2 N–H and O–H groups in total. The van der Waals surface area contributed by atoms with Crippen LogP contribution in [0.25, 0.3) is 0 Å². The van der Waals surface area contributed by atoms with E-state index in [0.29, 0.717) is 21.4 Å². The van der Waals surface area contributed by atoms with Crippen LogP contribution < -0.4 is 5.32 Å². The fourth-order valence-corrected chi connectivity index (χ4v) is 2.11. The third-order valence-corrected chi connectivity index (χ3v) is 3.36. The molecule has 0 saturated carbocycles. The number of anilines is 1. The number of carbonyl (C=O) groups is 2. The van der Waals surface area contributed by atoms with Gasteiger partial charge in [0.25, 0.3) is 5.91 Å². The molecule has 6 heteroatoms. The minimum absolute atomic E-state index is 0.183. The molecule has 0 atom stereocenters. The molecule has 0 aliphatic carbocycles. The Morgan fingerprint density at radius 2 is 2.05 bits per heavy atom. The van der Waals surface area contributed by atoms with Crippen LogP contribution in [0, 0.1) is 6.92 Å². The number of nitrogens with zero attached hydrogens (tertiary/aromatic N) is 1. The number of aryl methyl sites for hydroxylation is 1. The van der Waals surface area contributed by atoms with Crippen molar-refractivity contribution < 1.29 is 14.7 Å². The van der Waals surface area contributed by atoms with E-state index in [-0.39, 0.29) is 11.5 Å². The first-order valence-electron chi connectivity index (χ1n) is 5.75. The molecule has 0 saturated heterocycles. The van der Waals surface area contributed by atoms with Crippen LogP contribution in [0.2, 0.25) is 0 Å². The molecule has 0 fully saturated rings. The van der Waals surface area contributed by atoms with E-state index in [1.54, 1.807) is 31.3 Å². The maximum Gasteiger partial charge on any atom is 0.335 e. The zero-order valence-corrected chi connectivity index (χ0v) is 12.1. The summed E-state index contributed by atoms with van der Waals surface area (Å²) in [5.41, 5.74) is 1.84. The zero-order chi connectivity index (χ0) is 14.7. The quantitative estimate of drug-likeness (QED) is 0.845. The molecule has 20 heavy (non-hydrogen) atoms. The van der Waals surface area contributed by atoms with Gasteiger partial charge in [-0.15, -0.1) is 0 Å². The standard InChI is InChI=1S/C14H11BrN2O3/c1-8-7-9(14(19)20)4-5-11(8)17-13(18)10-3-2-6-16-12(10)15/h2-7H,1H3,(H,17,18)(H,19,20). The normalized spacial score (nSPS) is 10.1. The number of amides is 1. The molecule has 102 valence electrons. The third kappa shape index (κ3) is 3.03. The topological polar surface area (TPSA) is 79.3 Å². The molecule has 1 heterocycles. The summed E-state index contributed by atoms with van der Waals surface area (Å²) >= 11 is 3.21. The minimum Gasteiger partial charge on any atom is -0.478 e. The van der Waals surface area contributed by atoms with Crippen molar-refractivity contribution in [2.24, 2.45) is 0 Å². The summed E-state index contributed by atoms with van der Waals surface area (Å²) in [6.45, 7) is 1.74. The van der Waals surface area contributed by atoms with Crippen LogP contribution in [0.5, 0.6) is 0 Å². The lowest BCUT2D eigenvalue weighted by atomic mass is 10.1. The minimum atomic E-state index is -0.999. The van der Waals surface area contributed by atoms with Gasteiger partial charge in [-0.3, -0.25) is 4.79 Å². The Balaban J connectivity index is 2.25. The number of carboxylic acid groups (broad SMARTS) is 1. The lowest BCUT2D eigenvalue weighted by molar-refractivity contribution is 0.0696. The monoisotopic (exact) mass is 334 g/mol. The summed E-state index contributed by atoms with van der Waals surface area (Å²) < 4.78 is 0.456. The second kappa shape index (κ2) is 5.83. The molecule has 1 aromatic heterocycles. The average molecular weight is 335 g/mol. The predicted molar refractivity (Wildman–Crippen MR) is 78.0 cm³/mol. The number of carboxylic acids is 1. The Bertz CT molecular complexity index is 686. The van der Waals surface area contributed by atoms with E-state index in [4.69, 9.17) is 5.11 Å². The van der Waals surface area contributed by atoms with Crippen molar-refractivity contribution in [3.63, 3.8) is 0 Å². The summed E-state index contributed by atoms with van der Waals surface area (Å²) in [6, 6.07) is 7.84. The van der Waals surface area contributed by atoms with Gasteiger partial charge in [-0.25, -0.2) is 9.78 Å². The predicted octanol–water partition coefficient (Wildman–Crippen LogP) is 3.10. The van der Waals surface area contributed by atoms with Crippen molar-refractivity contribution in [2.45, 2.75) is 6.92 Å². The van der Waals surface area contributed by atoms with Crippen LogP contribution in [-0.2, 0) is 0 Å². The van der Waals surface area contributed by atoms with Gasteiger partial charge < -0.3 is 10.4 Å². The van der Waals surface area contributed by atoms with Gasteiger partial charge in [0, 0.05) is 11.9 Å². The molecular formula is C14H11BrN2O3. The Morgan fingerprint density at radius 1 is 1.30 bits per heavy atom. The molecule has 0 aliphatic heterocycles. The van der Waals surface area contributed by atoms with Gasteiger partial charge in [0.05, 0.1) is 11.1 Å². The van der Waals surface area contributed by atoms with E-state index in [1.807, 2.05) is 0 Å². The number of aromatic carboxylic acids is 1. The number of hydrogen-bond donors (Lipinski definition) is 2. The second-order valence-electron chi connectivity index (χ2n) is 4.13. The van der Waals surface area contributed by atoms with E-state index < -0.39 is 5.97 Å². The Hall–Kier alpha value is -2.21. The molecular weight excluding hydrogens is 324 g/mol. The van der Waals surface area contributed by atoms with Gasteiger partial charge in [0.2, 0.25) is 0 Å². The van der Waals surface area contributed by atoms with Gasteiger partial charge in [-0.1, -0.05) is 0 Å². The smallest absolute Gasteiger partial charge is 0.335 e. The highest BCUT2D eigenvalue weighted by Crippen LogP contribution is 2.19. The molecule has 0 bridgehead atoms. The summed E-state index contributed by atoms with van der Waals surface area (Å²) in [5, 5.41) is 11.6. The Labute approximate surface area is 123 Å². The number of nitrogens with one attached hydrogen (secondary N) is 1. The van der Waals surface area contributed by atoms with Crippen molar-refractivity contribution in [2.75, 3.05) is 5.32 Å². The number of carbonyl (C=O) groups excluding carboxylic acids is 1. The lowest BCUT2D eigenvalue weighted by Gasteiger charge is -2.09. The number of rotatable bonds is 3. The highest BCUT2D eigenvalue weighted by molar-refractivity contribution is 9.10. The van der Waals surface area contributed by atoms with Gasteiger partial charge >= 0.3 is 5.97 Å². The van der Waals surface area contributed by atoms with Gasteiger partial charge in [0.15, 0.2) is 0 Å². The molecule has 0 spiro atoms. The zero-order valence-electron chi connectivity index (χ0n) is 10.6. The molecule has 2 aromatic rings. The second-order valence-corrected chi connectivity index (χ2v) is 4.88. The Morgan fingerprint density at radius 3 is 2.65 bits per heavy atom. The average Bonchev–Trinajstić information content (AvgIpc) is 2.41. The number of pyridine rings is 1. The first-order valence-corrected chi connectivity index (χ1v) is 6.54. The van der Waals surface area contributed by atoms with Crippen LogP contribution in [0.3, 0.4) is 0 Å². The van der Waals surface area contributed by atoms with Crippen LogP contribution >= 0.6 is 15.9 Å². The largest absolute Gasteiger partial charge is 0.478 e. The molecule has 0 radical (unpaired) electrons. The number of hydrogen-bond acceptors (Lipinski definition) is 3. The molecule has 5 nitrogen and oxygen atoms in total. The van der Waals surface area contributed by atoms with Crippen LogP contribution in [0.1, 0.15) is 26.3 Å². The van der Waals surface area contributed by atoms with E-state index >= 15 is 0 Å². The maximum atomic E-state index is 12.1. The van der Waals surface area contributed by atoms with Crippen molar-refractivity contribution >= 4 is 33.5 Å². The van der Waals surface area contributed by atoms with Crippen LogP contribution in [-0.4, -0.2) is 22.0 Å². The first-order chi connectivity index (χ1) is 9.49. The lowest BCUT2D eigenvalue weighted by Crippen LogP contribution is -2.14. The highest BCUT2D eigenvalue weighted by Gasteiger charge is 2.12. The van der Waals surface area contributed by atoms with Crippen molar-refractivity contribution in [3.05, 3.63) is 57.8 Å². The van der Waals surface area contributed by atoms with Crippen molar-refractivity contribution in [1.82, 2.24) is 4.98 Å². The fraction of sp³-hybridized carbons (Fsp3) is 0.0714. The Kier molecular flexibility index (Phi) is 4.14. The molecule has 2 rings (SSSR count). The summed E-state index contributed by atoms with van der Waals surface area (Å²) in [7, 11) is 0. The molecule has 1 aromatic carbocycles. The summed E-state index contributed by atoms with van der Waals surface area (Å²) in [5.74, 6) is -1.31. The molecule has 0 unspecified atom stereocenters. The van der Waals surface area contributed by atoms with Gasteiger partial charge in [0.1, 0.15) is 4.60 Å². The van der Waals surface area contributed by atoms with E-state index in [1.165, 1.54) is 12.1 Å². The number of benzene rings is 1. The van der Waals surface area contributed by atoms with Gasteiger partial charge in [-0.2, -0.15) is 0 Å². The number of halogens is 1. The summed E-state index contributed by atoms with van der Waals surface area (Å²) in [6.07, 6.45) is 1.58. The SMILES string of the molecule is Cc1cc(C(=O)O)ccc1NC(=O)c1cccnc1Br. The number of aromatic nitrogens is 1. The molecule has 0 aliphatic rings. The maximum absolute atomic E-state index is 12.1. The van der Waals surface area contributed by atoms with E-state index in [0.717, 1.165) is 0 Å².